The number of benzene rings is 1. The molecule has 6 heteroatoms. The maximum Gasteiger partial charge on any atom is 0.254 e. The molecule has 1 aromatic carbocycles. The van der Waals surface area contributed by atoms with Crippen LogP contribution in [0.5, 0.6) is 0 Å². The molecule has 0 unspecified atom stereocenters. The van der Waals surface area contributed by atoms with Crippen LogP contribution in [-0.4, -0.2) is 33.4 Å². The van der Waals surface area contributed by atoms with E-state index in [0.717, 1.165) is 31.1 Å². The van der Waals surface area contributed by atoms with E-state index in [2.05, 4.69) is 15.7 Å². The van der Waals surface area contributed by atoms with Crippen LogP contribution in [0.1, 0.15) is 54.2 Å². The summed E-state index contributed by atoms with van der Waals surface area (Å²) in [7, 11) is 0. The molecule has 1 saturated carbocycles. The molecule has 1 amide bonds. The molecule has 0 N–H and O–H groups in total. The van der Waals surface area contributed by atoms with Crippen molar-refractivity contribution < 1.29 is 9.18 Å². The number of imidazole rings is 1. The topological polar surface area (TPSA) is 38.1 Å². The molecule has 26 heavy (non-hydrogen) atoms. The fourth-order valence-corrected chi connectivity index (χ4v) is 4.24. The number of aromatic nitrogens is 2. The fraction of sp³-hybridized carbons (Fsp3) is 0.500. The standard InChI is InChI=1S/C20H23ClFN3O/c21-17-9-16(10-18(22)11-17)20(26)25-7-2-5-15(13-25)19-23-6-8-24(19)12-14-3-1-4-14/h6,8-11,14-15H,1-5,7,12-13H2/t15-/m0/s1. The third-order valence-corrected chi connectivity index (χ3v) is 5.83. The van der Waals surface area contributed by atoms with Crippen LogP contribution in [-0.2, 0) is 6.54 Å². The van der Waals surface area contributed by atoms with Gasteiger partial charge in [-0.2, -0.15) is 0 Å². The number of carbonyl (C=O) groups excluding carboxylic acids is 1. The van der Waals surface area contributed by atoms with Gasteiger partial charge in [0.25, 0.3) is 5.91 Å². The zero-order chi connectivity index (χ0) is 18.1. The highest BCUT2D eigenvalue weighted by Gasteiger charge is 2.29. The summed E-state index contributed by atoms with van der Waals surface area (Å²) >= 11 is 5.91. The summed E-state index contributed by atoms with van der Waals surface area (Å²) in [6.45, 7) is 2.33. The van der Waals surface area contributed by atoms with E-state index < -0.39 is 5.82 Å². The van der Waals surface area contributed by atoms with Gasteiger partial charge in [-0.15, -0.1) is 0 Å². The van der Waals surface area contributed by atoms with Gasteiger partial charge in [0.2, 0.25) is 0 Å². The first-order chi connectivity index (χ1) is 12.6. The zero-order valence-corrected chi connectivity index (χ0v) is 15.5. The van der Waals surface area contributed by atoms with Crippen molar-refractivity contribution in [3.63, 3.8) is 0 Å². The summed E-state index contributed by atoms with van der Waals surface area (Å²) in [6.07, 6.45) is 9.80. The average Bonchev–Trinajstić information content (AvgIpc) is 3.05. The van der Waals surface area contributed by atoms with E-state index in [1.165, 1.54) is 37.5 Å². The molecule has 0 bridgehead atoms. The summed E-state index contributed by atoms with van der Waals surface area (Å²) in [5, 5.41) is 0.248. The van der Waals surface area contributed by atoms with Crippen LogP contribution < -0.4 is 0 Å². The lowest BCUT2D eigenvalue weighted by Crippen LogP contribution is -2.40. The minimum atomic E-state index is -0.481. The predicted octanol–water partition coefficient (Wildman–Crippen LogP) is 4.50. The lowest BCUT2D eigenvalue weighted by atomic mass is 9.85. The van der Waals surface area contributed by atoms with Crippen molar-refractivity contribution in [1.82, 2.24) is 14.5 Å². The van der Waals surface area contributed by atoms with Crippen LogP contribution in [0.4, 0.5) is 4.39 Å². The van der Waals surface area contributed by atoms with Gasteiger partial charge in [-0.1, -0.05) is 18.0 Å². The molecule has 138 valence electrons. The molecule has 4 nitrogen and oxygen atoms in total. The second-order valence-electron chi connectivity index (χ2n) is 7.48. The highest BCUT2D eigenvalue weighted by atomic mass is 35.5. The zero-order valence-electron chi connectivity index (χ0n) is 14.7. The van der Waals surface area contributed by atoms with E-state index in [-0.39, 0.29) is 16.8 Å². The minimum Gasteiger partial charge on any atom is -0.338 e. The van der Waals surface area contributed by atoms with Gasteiger partial charge >= 0.3 is 0 Å². The normalized spacial score (nSPS) is 20.8. The molecular weight excluding hydrogens is 353 g/mol. The van der Waals surface area contributed by atoms with E-state index in [4.69, 9.17) is 11.6 Å². The van der Waals surface area contributed by atoms with Crippen molar-refractivity contribution in [2.45, 2.75) is 44.6 Å². The number of halogens is 2. The molecule has 2 aliphatic rings. The lowest BCUT2D eigenvalue weighted by Gasteiger charge is -2.34. The summed E-state index contributed by atoms with van der Waals surface area (Å²) in [4.78, 5) is 19.2. The first-order valence-corrected chi connectivity index (χ1v) is 9.74. The number of hydrogen-bond acceptors (Lipinski definition) is 2. The third kappa shape index (κ3) is 3.63. The number of rotatable bonds is 4. The number of amides is 1. The number of carbonyl (C=O) groups is 1. The van der Waals surface area contributed by atoms with E-state index in [9.17, 15) is 9.18 Å². The van der Waals surface area contributed by atoms with E-state index >= 15 is 0 Å². The smallest absolute Gasteiger partial charge is 0.254 e. The average molecular weight is 376 g/mol. The highest BCUT2D eigenvalue weighted by molar-refractivity contribution is 6.31. The SMILES string of the molecule is O=C(c1cc(F)cc(Cl)c1)N1CCC[C@H](c2nccn2CC2CCC2)C1. The van der Waals surface area contributed by atoms with Gasteiger partial charge in [0.1, 0.15) is 11.6 Å². The van der Waals surface area contributed by atoms with Crippen LogP contribution in [0, 0.1) is 11.7 Å². The molecule has 0 spiro atoms. The largest absolute Gasteiger partial charge is 0.338 e. The molecule has 2 fully saturated rings. The fourth-order valence-electron chi connectivity index (χ4n) is 4.02. The quantitative estimate of drug-likeness (QED) is 0.789. The Bertz CT molecular complexity index is 782. The first kappa shape index (κ1) is 17.5. The third-order valence-electron chi connectivity index (χ3n) is 5.61. The molecule has 1 aromatic heterocycles. The van der Waals surface area contributed by atoms with Gasteiger partial charge in [-0.05, 0) is 49.8 Å². The molecule has 1 aliphatic carbocycles. The van der Waals surface area contributed by atoms with Gasteiger partial charge in [0.15, 0.2) is 0 Å². The van der Waals surface area contributed by atoms with Crippen LogP contribution >= 0.6 is 11.6 Å². The van der Waals surface area contributed by atoms with Crippen molar-refractivity contribution in [3.05, 3.63) is 52.8 Å². The van der Waals surface area contributed by atoms with Crippen LogP contribution in [0.2, 0.25) is 5.02 Å². The Morgan fingerprint density at radius 2 is 2.08 bits per heavy atom. The second-order valence-corrected chi connectivity index (χ2v) is 7.92. The molecule has 1 aliphatic heterocycles. The van der Waals surface area contributed by atoms with Gasteiger partial charge in [-0.3, -0.25) is 4.79 Å². The molecule has 4 rings (SSSR count). The van der Waals surface area contributed by atoms with Gasteiger partial charge in [0.05, 0.1) is 0 Å². The van der Waals surface area contributed by atoms with E-state index in [1.807, 2.05) is 11.1 Å². The Hall–Kier alpha value is -1.88. The Labute approximate surface area is 158 Å². The summed E-state index contributed by atoms with van der Waals surface area (Å²) in [6, 6.07) is 4.01. The van der Waals surface area contributed by atoms with Crippen LogP contribution in [0.3, 0.4) is 0 Å². The van der Waals surface area contributed by atoms with Crippen LogP contribution in [0.25, 0.3) is 0 Å². The maximum atomic E-state index is 13.6. The van der Waals surface area contributed by atoms with Gasteiger partial charge in [0, 0.05) is 48.5 Å². The molecular formula is C20H23ClFN3O. The highest BCUT2D eigenvalue weighted by Crippen LogP contribution is 2.31. The summed E-state index contributed by atoms with van der Waals surface area (Å²) in [5.74, 6) is 1.43. The van der Waals surface area contributed by atoms with Gasteiger partial charge in [-0.25, -0.2) is 9.37 Å². The summed E-state index contributed by atoms with van der Waals surface area (Å²) in [5.41, 5.74) is 0.313. The molecule has 0 radical (unpaired) electrons. The van der Waals surface area contributed by atoms with Crippen molar-refractivity contribution in [2.75, 3.05) is 13.1 Å². The molecule has 2 heterocycles. The Morgan fingerprint density at radius 1 is 1.23 bits per heavy atom. The van der Waals surface area contributed by atoms with Crippen LogP contribution in [0.15, 0.2) is 30.6 Å². The molecule has 1 saturated heterocycles. The summed E-state index contributed by atoms with van der Waals surface area (Å²) < 4.78 is 15.9. The monoisotopic (exact) mass is 375 g/mol. The van der Waals surface area contributed by atoms with E-state index in [0.29, 0.717) is 18.7 Å². The van der Waals surface area contributed by atoms with E-state index in [1.54, 1.807) is 0 Å². The van der Waals surface area contributed by atoms with Crippen molar-refractivity contribution in [1.29, 1.82) is 0 Å². The van der Waals surface area contributed by atoms with Crippen molar-refractivity contribution >= 4 is 17.5 Å². The second kappa shape index (κ2) is 7.39. The first-order valence-electron chi connectivity index (χ1n) is 9.36. The minimum absolute atomic E-state index is 0.159. The number of piperidine rings is 1. The van der Waals surface area contributed by atoms with Crippen molar-refractivity contribution in [3.8, 4) is 0 Å². The Morgan fingerprint density at radius 3 is 2.81 bits per heavy atom. The van der Waals surface area contributed by atoms with Crippen molar-refractivity contribution in [2.24, 2.45) is 5.92 Å². The Kier molecular flexibility index (Phi) is 4.98. The Balaban J connectivity index is 1.49. The molecule has 2 aromatic rings. The lowest BCUT2D eigenvalue weighted by molar-refractivity contribution is 0.0702. The molecule has 1 atom stereocenters. The predicted molar refractivity (Wildman–Crippen MR) is 98.9 cm³/mol. The van der Waals surface area contributed by atoms with Gasteiger partial charge < -0.3 is 9.47 Å². The number of hydrogen-bond donors (Lipinski definition) is 0. The number of nitrogens with zero attached hydrogens (tertiary/aromatic N) is 3. The maximum absolute atomic E-state index is 13.6. The number of likely N-dealkylation sites (tertiary alicyclic amines) is 1.